The molecule has 1 unspecified atom stereocenters. The average Bonchev–Trinajstić information content (AvgIpc) is 2.45. The molecule has 1 amide bonds. The van der Waals surface area contributed by atoms with Crippen molar-refractivity contribution in [3.63, 3.8) is 0 Å². The van der Waals surface area contributed by atoms with Crippen LogP contribution in [0.4, 0.5) is 0 Å². The van der Waals surface area contributed by atoms with Gasteiger partial charge < -0.3 is 10.6 Å². The number of nitrogens with zero attached hydrogens (tertiary/aromatic N) is 1. The maximum absolute atomic E-state index is 12.0. The highest BCUT2D eigenvalue weighted by Gasteiger charge is 2.24. The number of nitrogens with one attached hydrogen (secondary N) is 2. The predicted molar refractivity (Wildman–Crippen MR) is 89.5 cm³/mol. The van der Waals surface area contributed by atoms with Crippen LogP contribution in [0.3, 0.4) is 0 Å². The van der Waals surface area contributed by atoms with Crippen molar-refractivity contribution in [3.8, 4) is 0 Å². The molecule has 4 heteroatoms. The molecule has 1 saturated carbocycles. The minimum absolute atomic E-state index is 0.171. The second kappa shape index (κ2) is 10.2. The number of hydrogen-bond donors (Lipinski definition) is 2. The van der Waals surface area contributed by atoms with Crippen LogP contribution in [0.25, 0.3) is 0 Å². The summed E-state index contributed by atoms with van der Waals surface area (Å²) in [5.41, 5.74) is 0. The Kier molecular flexibility index (Phi) is 8.93. The molecule has 21 heavy (non-hydrogen) atoms. The van der Waals surface area contributed by atoms with Crippen molar-refractivity contribution in [2.75, 3.05) is 20.1 Å². The molecular formula is C17H35N3O. The van der Waals surface area contributed by atoms with Gasteiger partial charge in [-0.1, -0.05) is 20.3 Å². The average molecular weight is 297 g/mol. The SMILES string of the molecule is CCCNC1CCC(N(C)CC(=O)NC(C)CCC)CC1. The summed E-state index contributed by atoms with van der Waals surface area (Å²) >= 11 is 0. The van der Waals surface area contributed by atoms with E-state index < -0.39 is 0 Å². The van der Waals surface area contributed by atoms with Gasteiger partial charge in [-0.25, -0.2) is 0 Å². The van der Waals surface area contributed by atoms with E-state index >= 15 is 0 Å². The van der Waals surface area contributed by atoms with E-state index in [-0.39, 0.29) is 5.91 Å². The quantitative estimate of drug-likeness (QED) is 0.687. The zero-order chi connectivity index (χ0) is 15.7. The van der Waals surface area contributed by atoms with Crippen molar-refractivity contribution in [2.45, 2.75) is 83.8 Å². The van der Waals surface area contributed by atoms with E-state index in [1.165, 1.54) is 32.1 Å². The fourth-order valence-electron chi connectivity index (χ4n) is 3.25. The first-order valence-corrected chi connectivity index (χ1v) is 8.79. The van der Waals surface area contributed by atoms with Crippen molar-refractivity contribution < 1.29 is 4.79 Å². The van der Waals surface area contributed by atoms with Gasteiger partial charge in [-0.3, -0.25) is 9.69 Å². The first kappa shape index (κ1) is 18.4. The molecule has 1 fully saturated rings. The summed E-state index contributed by atoms with van der Waals surface area (Å²) < 4.78 is 0. The summed E-state index contributed by atoms with van der Waals surface area (Å²) in [5, 5.41) is 6.71. The molecule has 0 aliphatic heterocycles. The Balaban J connectivity index is 2.24. The molecule has 0 aromatic heterocycles. The monoisotopic (exact) mass is 297 g/mol. The lowest BCUT2D eigenvalue weighted by Gasteiger charge is -2.34. The predicted octanol–water partition coefficient (Wildman–Crippen LogP) is 2.53. The van der Waals surface area contributed by atoms with Gasteiger partial charge in [0.15, 0.2) is 0 Å². The van der Waals surface area contributed by atoms with E-state index in [0.717, 1.165) is 19.4 Å². The standard InChI is InChI=1S/C17H35N3O/c1-5-7-14(3)19-17(21)13-20(4)16-10-8-15(9-11-16)18-12-6-2/h14-16,18H,5-13H2,1-4H3,(H,19,21). The van der Waals surface area contributed by atoms with Crippen molar-refractivity contribution in [2.24, 2.45) is 0 Å². The Bertz CT molecular complexity index is 288. The van der Waals surface area contributed by atoms with Gasteiger partial charge in [0.25, 0.3) is 0 Å². The fraction of sp³-hybridized carbons (Fsp3) is 0.941. The largest absolute Gasteiger partial charge is 0.353 e. The molecule has 1 aliphatic carbocycles. The van der Waals surface area contributed by atoms with Crippen LogP contribution >= 0.6 is 0 Å². The molecule has 0 spiro atoms. The van der Waals surface area contributed by atoms with E-state index in [0.29, 0.717) is 24.7 Å². The summed E-state index contributed by atoms with van der Waals surface area (Å²) in [4.78, 5) is 14.3. The van der Waals surface area contributed by atoms with Crippen LogP contribution in [0.2, 0.25) is 0 Å². The third-order valence-corrected chi connectivity index (χ3v) is 4.53. The van der Waals surface area contributed by atoms with E-state index in [9.17, 15) is 4.79 Å². The summed E-state index contributed by atoms with van der Waals surface area (Å²) in [6.45, 7) is 8.12. The highest BCUT2D eigenvalue weighted by atomic mass is 16.2. The fourth-order valence-corrected chi connectivity index (χ4v) is 3.25. The summed E-state index contributed by atoms with van der Waals surface area (Å²) in [7, 11) is 2.09. The molecule has 0 heterocycles. The molecule has 124 valence electrons. The Morgan fingerprint density at radius 2 is 1.86 bits per heavy atom. The molecule has 4 nitrogen and oxygen atoms in total. The third-order valence-electron chi connectivity index (χ3n) is 4.53. The lowest BCUT2D eigenvalue weighted by atomic mass is 9.90. The first-order valence-electron chi connectivity index (χ1n) is 8.79. The minimum atomic E-state index is 0.171. The topological polar surface area (TPSA) is 44.4 Å². The zero-order valence-electron chi connectivity index (χ0n) is 14.5. The molecule has 1 aliphatic rings. The Labute approximate surface area is 131 Å². The van der Waals surface area contributed by atoms with Gasteiger partial charge in [-0.15, -0.1) is 0 Å². The minimum Gasteiger partial charge on any atom is -0.353 e. The van der Waals surface area contributed by atoms with Crippen molar-refractivity contribution in [1.29, 1.82) is 0 Å². The van der Waals surface area contributed by atoms with Gasteiger partial charge in [-0.2, -0.15) is 0 Å². The van der Waals surface area contributed by atoms with Gasteiger partial charge in [-0.05, 0) is 59.0 Å². The van der Waals surface area contributed by atoms with Gasteiger partial charge >= 0.3 is 0 Å². The molecule has 0 radical (unpaired) electrons. The number of carbonyl (C=O) groups excluding carboxylic acids is 1. The number of amides is 1. The van der Waals surface area contributed by atoms with Crippen LogP contribution in [0.15, 0.2) is 0 Å². The Morgan fingerprint density at radius 3 is 2.43 bits per heavy atom. The smallest absolute Gasteiger partial charge is 0.234 e. The van der Waals surface area contributed by atoms with Crippen molar-refractivity contribution in [1.82, 2.24) is 15.5 Å². The van der Waals surface area contributed by atoms with Gasteiger partial charge in [0, 0.05) is 18.1 Å². The van der Waals surface area contributed by atoms with E-state index in [1.54, 1.807) is 0 Å². The first-order chi connectivity index (χ1) is 10.1. The number of likely N-dealkylation sites (N-methyl/N-ethyl adjacent to an activating group) is 1. The molecule has 0 bridgehead atoms. The normalized spacial score (nSPS) is 24.0. The van der Waals surface area contributed by atoms with Crippen LogP contribution in [0, 0.1) is 0 Å². The molecule has 0 saturated heterocycles. The van der Waals surface area contributed by atoms with Crippen molar-refractivity contribution >= 4 is 5.91 Å². The molecule has 0 aromatic carbocycles. The maximum atomic E-state index is 12.0. The lowest BCUT2D eigenvalue weighted by molar-refractivity contribution is -0.123. The van der Waals surface area contributed by atoms with Crippen LogP contribution in [0.5, 0.6) is 0 Å². The van der Waals surface area contributed by atoms with Gasteiger partial charge in [0.2, 0.25) is 5.91 Å². The Hall–Kier alpha value is -0.610. The van der Waals surface area contributed by atoms with E-state index in [2.05, 4.69) is 43.4 Å². The second-order valence-electron chi connectivity index (χ2n) is 6.63. The Morgan fingerprint density at radius 1 is 1.19 bits per heavy atom. The third kappa shape index (κ3) is 7.28. The van der Waals surface area contributed by atoms with Crippen LogP contribution < -0.4 is 10.6 Å². The summed E-state index contributed by atoms with van der Waals surface area (Å²) in [5.74, 6) is 0.171. The molecule has 1 rings (SSSR count). The highest BCUT2D eigenvalue weighted by Crippen LogP contribution is 2.22. The van der Waals surface area contributed by atoms with E-state index in [1.807, 2.05) is 0 Å². The van der Waals surface area contributed by atoms with Crippen LogP contribution in [-0.2, 0) is 4.79 Å². The molecule has 2 N–H and O–H groups in total. The summed E-state index contributed by atoms with van der Waals surface area (Å²) in [6.07, 6.45) is 8.27. The van der Waals surface area contributed by atoms with Gasteiger partial charge in [0.1, 0.15) is 0 Å². The molecular weight excluding hydrogens is 262 g/mol. The second-order valence-corrected chi connectivity index (χ2v) is 6.63. The van der Waals surface area contributed by atoms with Gasteiger partial charge in [0.05, 0.1) is 6.54 Å². The zero-order valence-corrected chi connectivity index (χ0v) is 14.5. The highest BCUT2D eigenvalue weighted by molar-refractivity contribution is 5.78. The number of rotatable bonds is 9. The molecule has 0 aromatic rings. The van der Waals surface area contributed by atoms with Crippen LogP contribution in [-0.4, -0.2) is 49.1 Å². The van der Waals surface area contributed by atoms with E-state index in [4.69, 9.17) is 0 Å². The number of hydrogen-bond acceptors (Lipinski definition) is 3. The van der Waals surface area contributed by atoms with Crippen molar-refractivity contribution in [3.05, 3.63) is 0 Å². The molecule has 1 atom stereocenters. The number of carbonyl (C=O) groups is 1. The van der Waals surface area contributed by atoms with Crippen LogP contribution in [0.1, 0.15) is 65.7 Å². The lowest BCUT2D eigenvalue weighted by Crippen LogP contribution is -2.46. The summed E-state index contributed by atoms with van der Waals surface area (Å²) in [6, 6.07) is 1.55. The maximum Gasteiger partial charge on any atom is 0.234 e.